The average molecular weight is 355 g/mol. The second-order valence-corrected chi connectivity index (χ2v) is 5.95. The van der Waals surface area contributed by atoms with Gasteiger partial charge in [-0.2, -0.15) is 0 Å². The second kappa shape index (κ2) is 6.51. The van der Waals surface area contributed by atoms with E-state index in [1.54, 1.807) is 7.11 Å². The summed E-state index contributed by atoms with van der Waals surface area (Å²) in [6.45, 7) is 4.83. The molecule has 0 aliphatic heterocycles. The van der Waals surface area contributed by atoms with Crippen LogP contribution in [0.3, 0.4) is 0 Å². The summed E-state index contributed by atoms with van der Waals surface area (Å²) in [5.41, 5.74) is 4.47. The van der Waals surface area contributed by atoms with Crippen molar-refractivity contribution >= 4 is 33.2 Å². The molecule has 0 aliphatic carbocycles. The van der Waals surface area contributed by atoms with E-state index in [2.05, 4.69) is 40.3 Å². The fraction of sp³-hybridized carbons (Fsp3) is 0.250. The number of aryl methyl sites for hydroxylation is 1. The highest BCUT2D eigenvalue weighted by Crippen LogP contribution is 2.30. The molecule has 0 spiro atoms. The Bertz CT molecular complexity index is 628. The van der Waals surface area contributed by atoms with E-state index in [9.17, 15) is 0 Å². The predicted octanol–water partition coefficient (Wildman–Crippen LogP) is 5.34. The molecule has 2 aromatic rings. The summed E-state index contributed by atoms with van der Waals surface area (Å²) in [5.74, 6) is 0.934. The van der Waals surface area contributed by atoms with Gasteiger partial charge in [-0.3, -0.25) is 0 Å². The Morgan fingerprint density at radius 2 is 1.95 bits per heavy atom. The van der Waals surface area contributed by atoms with E-state index in [1.165, 1.54) is 0 Å². The molecule has 0 amide bonds. The van der Waals surface area contributed by atoms with Crippen LogP contribution >= 0.6 is 27.5 Å². The van der Waals surface area contributed by atoms with E-state index in [1.807, 2.05) is 25.1 Å². The van der Waals surface area contributed by atoms with Gasteiger partial charge in [0.15, 0.2) is 0 Å². The molecule has 2 aromatic carbocycles. The maximum Gasteiger partial charge on any atom is 0.126 e. The SMILES string of the molecule is COc1c(C)ccc(NCc2ccc(Br)c(Cl)c2)c1C. The first-order valence-electron chi connectivity index (χ1n) is 6.35. The smallest absolute Gasteiger partial charge is 0.126 e. The van der Waals surface area contributed by atoms with Crippen molar-refractivity contribution in [2.24, 2.45) is 0 Å². The van der Waals surface area contributed by atoms with Crippen LogP contribution in [0.15, 0.2) is 34.8 Å². The van der Waals surface area contributed by atoms with Crippen LogP contribution in [0.2, 0.25) is 5.02 Å². The highest BCUT2D eigenvalue weighted by Gasteiger charge is 2.07. The molecular formula is C16H17BrClNO. The van der Waals surface area contributed by atoms with Gasteiger partial charge >= 0.3 is 0 Å². The van der Waals surface area contributed by atoms with E-state index in [-0.39, 0.29) is 0 Å². The molecule has 0 radical (unpaired) electrons. The quantitative estimate of drug-likeness (QED) is 0.800. The van der Waals surface area contributed by atoms with E-state index in [4.69, 9.17) is 16.3 Å². The minimum atomic E-state index is 0.722. The molecular weight excluding hydrogens is 338 g/mol. The zero-order valence-electron chi connectivity index (χ0n) is 11.8. The summed E-state index contributed by atoms with van der Waals surface area (Å²) in [7, 11) is 1.70. The number of rotatable bonds is 4. The van der Waals surface area contributed by atoms with E-state index in [0.29, 0.717) is 0 Å². The van der Waals surface area contributed by atoms with Gasteiger partial charge in [-0.15, -0.1) is 0 Å². The average Bonchev–Trinajstić information content (AvgIpc) is 2.42. The normalized spacial score (nSPS) is 10.4. The summed E-state index contributed by atoms with van der Waals surface area (Å²) in [6, 6.07) is 10.1. The van der Waals surface area contributed by atoms with Crippen LogP contribution in [0.25, 0.3) is 0 Å². The molecule has 0 heterocycles. The van der Waals surface area contributed by atoms with Crippen LogP contribution in [-0.4, -0.2) is 7.11 Å². The Labute approximate surface area is 133 Å². The standard InChI is InChI=1S/C16H17BrClNO/c1-10-4-7-15(11(2)16(10)20-3)19-9-12-5-6-13(17)14(18)8-12/h4-8,19H,9H2,1-3H3. The third-order valence-electron chi connectivity index (χ3n) is 3.27. The zero-order chi connectivity index (χ0) is 14.7. The van der Waals surface area contributed by atoms with Crippen LogP contribution in [0.1, 0.15) is 16.7 Å². The Morgan fingerprint density at radius 3 is 2.60 bits per heavy atom. The van der Waals surface area contributed by atoms with E-state index in [0.717, 1.165) is 44.2 Å². The first-order valence-corrected chi connectivity index (χ1v) is 7.52. The molecule has 106 valence electrons. The van der Waals surface area contributed by atoms with Gasteiger partial charge in [0.1, 0.15) is 5.75 Å². The molecule has 1 N–H and O–H groups in total. The van der Waals surface area contributed by atoms with Crippen molar-refractivity contribution in [1.82, 2.24) is 0 Å². The van der Waals surface area contributed by atoms with Gasteiger partial charge < -0.3 is 10.1 Å². The van der Waals surface area contributed by atoms with Gasteiger partial charge in [0.05, 0.1) is 12.1 Å². The Balaban J connectivity index is 2.16. The molecule has 2 rings (SSSR count). The molecule has 2 nitrogen and oxygen atoms in total. The van der Waals surface area contributed by atoms with Crippen LogP contribution in [0.5, 0.6) is 5.75 Å². The molecule has 4 heteroatoms. The first kappa shape index (κ1) is 15.2. The number of benzene rings is 2. The van der Waals surface area contributed by atoms with Gasteiger partial charge in [0, 0.05) is 22.3 Å². The van der Waals surface area contributed by atoms with Gasteiger partial charge in [-0.05, 0) is 59.1 Å². The number of ether oxygens (including phenoxy) is 1. The molecule has 0 aromatic heterocycles. The summed E-state index contributed by atoms with van der Waals surface area (Å²) in [4.78, 5) is 0. The van der Waals surface area contributed by atoms with Crippen molar-refractivity contribution in [1.29, 1.82) is 0 Å². The lowest BCUT2D eigenvalue weighted by Crippen LogP contribution is -2.03. The third-order valence-corrected chi connectivity index (χ3v) is 4.51. The van der Waals surface area contributed by atoms with Gasteiger partial charge in [0.2, 0.25) is 0 Å². The zero-order valence-corrected chi connectivity index (χ0v) is 14.1. The van der Waals surface area contributed by atoms with Crippen molar-refractivity contribution < 1.29 is 4.74 Å². The minimum Gasteiger partial charge on any atom is -0.496 e. The second-order valence-electron chi connectivity index (χ2n) is 4.69. The van der Waals surface area contributed by atoms with Crippen molar-refractivity contribution in [2.75, 3.05) is 12.4 Å². The fourth-order valence-electron chi connectivity index (χ4n) is 2.18. The lowest BCUT2D eigenvalue weighted by molar-refractivity contribution is 0.409. The number of hydrogen-bond donors (Lipinski definition) is 1. The van der Waals surface area contributed by atoms with Gasteiger partial charge in [0.25, 0.3) is 0 Å². The molecule has 0 aliphatic rings. The van der Waals surface area contributed by atoms with Crippen LogP contribution in [-0.2, 0) is 6.54 Å². The summed E-state index contributed by atoms with van der Waals surface area (Å²) >= 11 is 9.50. The molecule has 0 bridgehead atoms. The largest absolute Gasteiger partial charge is 0.496 e. The fourth-order valence-corrected chi connectivity index (χ4v) is 2.63. The minimum absolute atomic E-state index is 0.722. The predicted molar refractivity (Wildman–Crippen MR) is 88.9 cm³/mol. The number of anilines is 1. The van der Waals surface area contributed by atoms with E-state index >= 15 is 0 Å². The number of methoxy groups -OCH3 is 1. The molecule has 0 unspecified atom stereocenters. The van der Waals surface area contributed by atoms with Crippen LogP contribution in [0, 0.1) is 13.8 Å². The van der Waals surface area contributed by atoms with Crippen molar-refractivity contribution in [3.63, 3.8) is 0 Å². The van der Waals surface area contributed by atoms with Crippen LogP contribution in [0.4, 0.5) is 5.69 Å². The van der Waals surface area contributed by atoms with Crippen molar-refractivity contribution in [3.8, 4) is 5.75 Å². The van der Waals surface area contributed by atoms with Crippen molar-refractivity contribution in [2.45, 2.75) is 20.4 Å². The molecule has 0 atom stereocenters. The lowest BCUT2D eigenvalue weighted by atomic mass is 10.1. The number of nitrogens with one attached hydrogen (secondary N) is 1. The third kappa shape index (κ3) is 3.28. The monoisotopic (exact) mass is 353 g/mol. The molecule has 0 saturated carbocycles. The summed E-state index contributed by atoms with van der Waals surface area (Å²) < 4.78 is 6.35. The van der Waals surface area contributed by atoms with Gasteiger partial charge in [-0.1, -0.05) is 23.7 Å². The Hall–Kier alpha value is -1.19. The number of hydrogen-bond acceptors (Lipinski definition) is 2. The molecule has 0 saturated heterocycles. The maximum atomic E-state index is 6.10. The Morgan fingerprint density at radius 1 is 1.20 bits per heavy atom. The Kier molecular flexibility index (Phi) is 4.95. The summed E-state index contributed by atoms with van der Waals surface area (Å²) in [5, 5.41) is 4.15. The maximum absolute atomic E-state index is 6.10. The first-order chi connectivity index (χ1) is 9.52. The highest BCUT2D eigenvalue weighted by molar-refractivity contribution is 9.10. The summed E-state index contributed by atoms with van der Waals surface area (Å²) in [6.07, 6.45) is 0. The van der Waals surface area contributed by atoms with E-state index < -0.39 is 0 Å². The number of halogens is 2. The van der Waals surface area contributed by atoms with Crippen molar-refractivity contribution in [3.05, 3.63) is 56.5 Å². The molecule has 20 heavy (non-hydrogen) atoms. The van der Waals surface area contributed by atoms with Gasteiger partial charge in [-0.25, -0.2) is 0 Å². The lowest BCUT2D eigenvalue weighted by Gasteiger charge is -2.15. The highest BCUT2D eigenvalue weighted by atomic mass is 79.9. The topological polar surface area (TPSA) is 21.3 Å². The van der Waals surface area contributed by atoms with Crippen LogP contribution < -0.4 is 10.1 Å². The molecule has 0 fully saturated rings.